The highest BCUT2D eigenvalue weighted by atomic mass is 19.3. The molecule has 4 heterocycles. The summed E-state index contributed by atoms with van der Waals surface area (Å²) >= 11 is 0. The second kappa shape index (κ2) is 10.0. The lowest BCUT2D eigenvalue weighted by molar-refractivity contribution is -0.133. The van der Waals surface area contributed by atoms with Crippen LogP contribution in [0.1, 0.15) is 36.7 Å². The lowest BCUT2D eigenvalue weighted by atomic mass is 9.81. The average Bonchev–Trinajstić information content (AvgIpc) is 3.37. The first-order valence-electron chi connectivity index (χ1n) is 13.6. The van der Waals surface area contributed by atoms with Gasteiger partial charge in [-0.15, -0.1) is 0 Å². The fourth-order valence-corrected chi connectivity index (χ4v) is 6.43. The van der Waals surface area contributed by atoms with Crippen LogP contribution < -0.4 is 4.74 Å². The van der Waals surface area contributed by atoms with Crippen molar-refractivity contribution in [3.05, 3.63) is 59.3 Å². The molecule has 216 valence electrons. The summed E-state index contributed by atoms with van der Waals surface area (Å²) in [6.45, 7) is 3.47. The summed E-state index contributed by atoms with van der Waals surface area (Å²) in [4.78, 5) is 49.8. The summed E-state index contributed by atoms with van der Waals surface area (Å²) in [5.74, 6) is -0.299. The summed E-state index contributed by atoms with van der Waals surface area (Å²) < 4.78 is 30.6. The molecule has 0 saturated carbocycles. The number of rotatable bonds is 6. The monoisotopic (exact) mass is 567 g/mol. The van der Waals surface area contributed by atoms with Crippen molar-refractivity contribution < 1.29 is 33.0 Å². The molecule has 3 aliphatic rings. The van der Waals surface area contributed by atoms with Crippen LogP contribution in [0.2, 0.25) is 0 Å². The van der Waals surface area contributed by atoms with E-state index in [4.69, 9.17) is 0 Å². The number of aromatic amines is 1. The lowest BCUT2D eigenvalue weighted by Crippen LogP contribution is -2.53. The third kappa shape index (κ3) is 4.55. The van der Waals surface area contributed by atoms with Gasteiger partial charge in [0.1, 0.15) is 23.1 Å². The molecule has 10 nitrogen and oxygen atoms in total. The molecule has 2 fully saturated rings. The molecule has 1 aromatic heterocycles. The van der Waals surface area contributed by atoms with E-state index in [1.54, 1.807) is 47.9 Å². The van der Waals surface area contributed by atoms with Crippen LogP contribution >= 0.6 is 0 Å². The Morgan fingerprint density at radius 1 is 1.12 bits per heavy atom. The summed E-state index contributed by atoms with van der Waals surface area (Å²) in [5, 5.41) is 10.9. The van der Waals surface area contributed by atoms with Crippen LogP contribution in [-0.2, 0) is 16.0 Å². The number of nitrogens with one attached hydrogen (secondary N) is 1. The minimum Gasteiger partial charge on any atom is -0.508 e. The predicted octanol–water partition coefficient (Wildman–Crippen LogP) is 3.31. The molecule has 2 N–H and O–H groups in total. The van der Waals surface area contributed by atoms with Gasteiger partial charge < -0.3 is 19.7 Å². The molecule has 2 atom stereocenters. The van der Waals surface area contributed by atoms with Gasteiger partial charge >= 0.3 is 12.6 Å². The van der Waals surface area contributed by atoms with Gasteiger partial charge in [0.25, 0.3) is 5.91 Å². The molecule has 2 saturated heterocycles. The van der Waals surface area contributed by atoms with Gasteiger partial charge in [-0.1, -0.05) is 12.1 Å². The van der Waals surface area contributed by atoms with Crippen LogP contribution in [-0.4, -0.2) is 99.0 Å². The van der Waals surface area contributed by atoms with Gasteiger partial charge in [0, 0.05) is 69.2 Å². The van der Waals surface area contributed by atoms with Gasteiger partial charge in [-0.05, 0) is 48.4 Å². The molecule has 3 aromatic rings. The molecular formula is C29H31F2N5O5. The molecular weight excluding hydrogens is 536 g/mol. The number of phenols is 1. The highest BCUT2D eigenvalue weighted by Crippen LogP contribution is 2.49. The van der Waals surface area contributed by atoms with Crippen LogP contribution in [0.3, 0.4) is 0 Å². The highest BCUT2D eigenvalue weighted by Gasteiger charge is 2.60. The molecule has 2 aromatic carbocycles. The summed E-state index contributed by atoms with van der Waals surface area (Å²) in [5.41, 5.74) is 1.40. The zero-order valence-corrected chi connectivity index (χ0v) is 22.8. The van der Waals surface area contributed by atoms with Gasteiger partial charge in [0.2, 0.25) is 5.91 Å². The van der Waals surface area contributed by atoms with E-state index in [1.165, 1.54) is 23.1 Å². The number of aromatic hydroxyl groups is 1. The highest BCUT2D eigenvalue weighted by molar-refractivity contribution is 6.08. The lowest BCUT2D eigenvalue weighted by Gasteiger charge is -2.42. The van der Waals surface area contributed by atoms with Crippen molar-refractivity contribution in [2.45, 2.75) is 38.5 Å². The molecule has 41 heavy (non-hydrogen) atoms. The molecule has 4 amide bonds. The second-order valence-electron chi connectivity index (χ2n) is 11.0. The Morgan fingerprint density at radius 2 is 1.88 bits per heavy atom. The quantitative estimate of drug-likeness (QED) is 0.443. The fraction of sp³-hybridized carbons (Fsp3) is 0.414. The van der Waals surface area contributed by atoms with E-state index in [9.17, 15) is 28.3 Å². The first-order chi connectivity index (χ1) is 19.6. The van der Waals surface area contributed by atoms with Crippen molar-refractivity contribution in [1.82, 2.24) is 24.6 Å². The maximum atomic E-state index is 14.0. The SMILES string of the molecule is CC(=O)N1CCN(CCN2C(=O)N3[C@H](c4cccc(O)c4)c4[nH]c5ccc(OC(F)F)cc5c4C[C@@]3(C)C2=O)CC1. The first-order valence-corrected chi connectivity index (χ1v) is 13.6. The van der Waals surface area contributed by atoms with Crippen molar-refractivity contribution in [1.29, 1.82) is 0 Å². The van der Waals surface area contributed by atoms with E-state index < -0.39 is 24.2 Å². The van der Waals surface area contributed by atoms with Gasteiger partial charge in [-0.2, -0.15) is 8.78 Å². The number of imide groups is 1. The van der Waals surface area contributed by atoms with Crippen LogP contribution in [0.4, 0.5) is 13.6 Å². The number of fused-ring (bicyclic) bond motifs is 4. The molecule has 0 radical (unpaired) electrons. The minimum atomic E-state index is -2.98. The van der Waals surface area contributed by atoms with Crippen molar-refractivity contribution >= 4 is 28.7 Å². The van der Waals surface area contributed by atoms with Gasteiger partial charge in [-0.3, -0.25) is 24.3 Å². The van der Waals surface area contributed by atoms with E-state index >= 15 is 0 Å². The molecule has 0 bridgehead atoms. The number of hydrogen-bond acceptors (Lipinski definition) is 6. The second-order valence-corrected chi connectivity index (χ2v) is 11.0. The molecule has 12 heteroatoms. The summed E-state index contributed by atoms with van der Waals surface area (Å²) in [7, 11) is 0. The number of H-pyrrole nitrogens is 1. The van der Waals surface area contributed by atoms with Crippen molar-refractivity contribution in [3.8, 4) is 11.5 Å². The van der Waals surface area contributed by atoms with Crippen LogP contribution in [0.25, 0.3) is 10.9 Å². The number of amides is 4. The number of urea groups is 1. The maximum absolute atomic E-state index is 14.0. The number of aromatic nitrogens is 1. The zero-order chi connectivity index (χ0) is 29.1. The summed E-state index contributed by atoms with van der Waals surface area (Å²) in [6, 6.07) is 9.99. The zero-order valence-electron chi connectivity index (χ0n) is 22.8. The van der Waals surface area contributed by atoms with E-state index in [0.29, 0.717) is 54.9 Å². The Hall–Kier alpha value is -4.19. The van der Waals surface area contributed by atoms with Gasteiger partial charge in [-0.25, -0.2) is 4.79 Å². The predicted molar refractivity (Wildman–Crippen MR) is 145 cm³/mol. The number of hydrogen-bond donors (Lipinski definition) is 2. The number of benzene rings is 2. The Labute approximate surface area is 235 Å². The Bertz CT molecular complexity index is 1540. The Kier molecular flexibility index (Phi) is 6.60. The van der Waals surface area contributed by atoms with Crippen LogP contribution in [0.15, 0.2) is 42.5 Å². The number of halogens is 2. The molecule has 0 spiro atoms. The molecule has 3 aliphatic heterocycles. The minimum absolute atomic E-state index is 0.00360. The maximum Gasteiger partial charge on any atom is 0.387 e. The van der Waals surface area contributed by atoms with Crippen molar-refractivity contribution in [2.75, 3.05) is 39.3 Å². The van der Waals surface area contributed by atoms with Gasteiger partial charge in [0.15, 0.2) is 0 Å². The largest absolute Gasteiger partial charge is 0.508 e. The standard InChI is InChI=1S/C29H31F2N5O5/c1-17(37)34-11-8-33(9-12-34)10-13-35-26(39)29(2)16-22-21-15-20(41-27(30)31)6-7-23(21)32-24(22)25(36(29)28(35)40)18-4-3-5-19(38)14-18/h3-7,14-15,25,27,32,38H,8-13,16H2,1-2H3/t25-,29+/m1/s1. The average molecular weight is 568 g/mol. The number of phenolic OH excluding ortho intramolecular Hbond substituents is 1. The summed E-state index contributed by atoms with van der Waals surface area (Å²) in [6.07, 6.45) is 0.175. The van der Waals surface area contributed by atoms with E-state index in [0.717, 1.165) is 5.56 Å². The van der Waals surface area contributed by atoms with Gasteiger partial charge in [0.05, 0.1) is 0 Å². The normalized spacial score (nSPS) is 23.0. The molecule has 6 rings (SSSR count). The number of piperazine rings is 1. The number of nitrogens with zero attached hydrogens (tertiary/aromatic N) is 4. The fourth-order valence-electron chi connectivity index (χ4n) is 6.43. The molecule has 0 unspecified atom stereocenters. The topological polar surface area (TPSA) is 109 Å². The van der Waals surface area contributed by atoms with Crippen LogP contribution in [0.5, 0.6) is 11.5 Å². The Morgan fingerprint density at radius 3 is 2.56 bits per heavy atom. The number of ether oxygens (including phenoxy) is 1. The van der Waals surface area contributed by atoms with E-state index in [-0.39, 0.29) is 36.3 Å². The first kappa shape index (κ1) is 27.0. The van der Waals surface area contributed by atoms with Crippen LogP contribution in [0, 0.1) is 0 Å². The van der Waals surface area contributed by atoms with Crippen molar-refractivity contribution in [2.24, 2.45) is 0 Å². The smallest absolute Gasteiger partial charge is 0.387 e. The number of carbonyl (C=O) groups excluding carboxylic acids is 3. The third-order valence-corrected chi connectivity index (χ3v) is 8.51. The molecule has 0 aliphatic carbocycles. The third-order valence-electron chi connectivity index (χ3n) is 8.51. The Balaban J connectivity index is 1.36. The van der Waals surface area contributed by atoms with E-state index in [1.807, 2.05) is 0 Å². The van der Waals surface area contributed by atoms with Crippen molar-refractivity contribution in [3.63, 3.8) is 0 Å². The van der Waals surface area contributed by atoms with E-state index in [2.05, 4.69) is 14.6 Å². The number of carbonyl (C=O) groups is 3. The number of alkyl halides is 2.